The Morgan fingerprint density at radius 1 is 0.931 bits per heavy atom. The number of pyridine rings is 1. The van der Waals surface area contributed by atoms with Gasteiger partial charge in [-0.2, -0.15) is 0 Å². The third-order valence-corrected chi connectivity index (χ3v) is 7.94. The molecule has 1 aliphatic rings. The maximum Gasteiger partial charge on any atom is 0.216 e. The van der Waals surface area contributed by atoms with E-state index in [0.29, 0.717) is 5.92 Å². The molecule has 0 spiro atoms. The van der Waals surface area contributed by atoms with Gasteiger partial charge in [0.05, 0.1) is 4.75 Å². The standard InChI is InChI=1S/C23H33N3O2S/c1-23(2,3)29(27,28)26-22-10-6-20(7-11-22)17-25-21-8-4-18(5-9-21)16-19-12-14-24-15-13-19/h4-5,8-9,12-15,20,22,25-26H,6-7,10-11,16-17H2,1-3H3. The molecule has 5 nitrogen and oxygen atoms in total. The summed E-state index contributed by atoms with van der Waals surface area (Å²) in [7, 11) is -3.27. The van der Waals surface area contributed by atoms with Gasteiger partial charge in [-0.05, 0) is 94.2 Å². The predicted octanol–water partition coefficient (Wildman–Crippen LogP) is 4.36. The number of sulfonamides is 1. The van der Waals surface area contributed by atoms with Crippen LogP contribution in [0.25, 0.3) is 0 Å². The summed E-state index contributed by atoms with van der Waals surface area (Å²) in [6, 6.07) is 12.8. The smallest absolute Gasteiger partial charge is 0.216 e. The van der Waals surface area contributed by atoms with Gasteiger partial charge in [0.2, 0.25) is 10.0 Å². The highest BCUT2D eigenvalue weighted by Crippen LogP contribution is 2.27. The van der Waals surface area contributed by atoms with E-state index in [1.54, 1.807) is 20.8 Å². The minimum absolute atomic E-state index is 0.0722. The quantitative estimate of drug-likeness (QED) is 0.705. The molecule has 1 fully saturated rings. The van der Waals surface area contributed by atoms with Crippen LogP contribution in [0.3, 0.4) is 0 Å². The molecule has 1 saturated carbocycles. The van der Waals surface area contributed by atoms with Gasteiger partial charge in [0.1, 0.15) is 0 Å². The molecule has 3 rings (SSSR count). The monoisotopic (exact) mass is 415 g/mol. The van der Waals surface area contributed by atoms with Crippen molar-refractivity contribution in [1.29, 1.82) is 0 Å². The highest BCUT2D eigenvalue weighted by molar-refractivity contribution is 7.90. The number of benzene rings is 1. The number of anilines is 1. The molecule has 0 bridgehead atoms. The van der Waals surface area contributed by atoms with E-state index < -0.39 is 14.8 Å². The van der Waals surface area contributed by atoms with Crippen molar-refractivity contribution in [2.45, 2.75) is 63.7 Å². The normalized spacial score (nSPS) is 20.4. The Labute approximate surface area is 175 Å². The molecule has 1 heterocycles. The molecule has 0 aliphatic heterocycles. The summed E-state index contributed by atoms with van der Waals surface area (Å²) in [6.07, 6.45) is 8.48. The van der Waals surface area contributed by atoms with E-state index >= 15 is 0 Å². The minimum Gasteiger partial charge on any atom is -0.385 e. The summed E-state index contributed by atoms with van der Waals surface area (Å²) < 4.78 is 26.8. The molecule has 1 aliphatic carbocycles. The van der Waals surface area contributed by atoms with Crippen molar-refractivity contribution in [2.24, 2.45) is 5.92 Å². The van der Waals surface area contributed by atoms with Crippen molar-refractivity contribution in [3.05, 3.63) is 59.9 Å². The van der Waals surface area contributed by atoms with E-state index in [2.05, 4.69) is 39.3 Å². The van der Waals surface area contributed by atoms with Crippen molar-refractivity contribution < 1.29 is 8.42 Å². The Bertz CT molecular complexity index is 867. The molecule has 0 atom stereocenters. The molecule has 2 N–H and O–H groups in total. The summed E-state index contributed by atoms with van der Waals surface area (Å²) in [6.45, 7) is 6.16. The zero-order valence-corrected chi connectivity index (χ0v) is 18.5. The van der Waals surface area contributed by atoms with Gasteiger partial charge >= 0.3 is 0 Å². The number of nitrogens with zero attached hydrogens (tertiary/aromatic N) is 1. The predicted molar refractivity (Wildman–Crippen MR) is 120 cm³/mol. The third-order valence-electron chi connectivity index (χ3n) is 5.68. The molecular weight excluding hydrogens is 382 g/mol. The minimum atomic E-state index is -3.27. The third kappa shape index (κ3) is 6.28. The Hall–Kier alpha value is -1.92. The van der Waals surface area contributed by atoms with Crippen LogP contribution < -0.4 is 10.0 Å². The van der Waals surface area contributed by atoms with Crippen LogP contribution in [0.5, 0.6) is 0 Å². The van der Waals surface area contributed by atoms with Gasteiger partial charge in [-0.3, -0.25) is 4.98 Å². The van der Waals surface area contributed by atoms with Crippen molar-refractivity contribution in [1.82, 2.24) is 9.71 Å². The fourth-order valence-corrected chi connectivity index (χ4v) is 4.65. The van der Waals surface area contributed by atoms with Crippen LogP contribution in [0.4, 0.5) is 5.69 Å². The number of hydrogen-bond donors (Lipinski definition) is 2. The van der Waals surface area contributed by atoms with Gasteiger partial charge < -0.3 is 5.32 Å². The van der Waals surface area contributed by atoms with Crippen molar-refractivity contribution >= 4 is 15.7 Å². The zero-order valence-electron chi connectivity index (χ0n) is 17.7. The van der Waals surface area contributed by atoms with E-state index in [1.807, 2.05) is 24.5 Å². The lowest BCUT2D eigenvalue weighted by Gasteiger charge is -2.31. The average molecular weight is 416 g/mol. The number of aromatic nitrogens is 1. The van der Waals surface area contributed by atoms with Gasteiger partial charge in [0, 0.05) is 30.7 Å². The van der Waals surface area contributed by atoms with E-state index in [1.165, 1.54) is 11.1 Å². The highest BCUT2D eigenvalue weighted by atomic mass is 32.2. The van der Waals surface area contributed by atoms with Crippen LogP contribution in [-0.2, 0) is 16.4 Å². The van der Waals surface area contributed by atoms with E-state index in [4.69, 9.17) is 0 Å². The van der Waals surface area contributed by atoms with E-state index in [9.17, 15) is 8.42 Å². The van der Waals surface area contributed by atoms with Crippen molar-refractivity contribution in [2.75, 3.05) is 11.9 Å². The first-order valence-corrected chi connectivity index (χ1v) is 11.9. The van der Waals surface area contributed by atoms with Crippen molar-refractivity contribution in [3.63, 3.8) is 0 Å². The van der Waals surface area contributed by atoms with Gasteiger partial charge in [0.25, 0.3) is 0 Å². The highest BCUT2D eigenvalue weighted by Gasteiger charge is 2.32. The molecule has 0 radical (unpaired) electrons. The largest absolute Gasteiger partial charge is 0.385 e. The van der Waals surface area contributed by atoms with Crippen LogP contribution in [0, 0.1) is 5.92 Å². The Morgan fingerprint density at radius 3 is 2.10 bits per heavy atom. The van der Waals surface area contributed by atoms with Crippen LogP contribution in [-0.4, -0.2) is 30.7 Å². The Morgan fingerprint density at radius 2 is 1.52 bits per heavy atom. The van der Waals surface area contributed by atoms with Gasteiger partial charge in [0.15, 0.2) is 0 Å². The Kier molecular flexibility index (Phi) is 6.96. The fourth-order valence-electron chi connectivity index (χ4n) is 3.62. The number of nitrogens with one attached hydrogen (secondary N) is 2. The molecule has 0 unspecified atom stereocenters. The maximum atomic E-state index is 12.3. The van der Waals surface area contributed by atoms with Crippen LogP contribution in [0.2, 0.25) is 0 Å². The van der Waals surface area contributed by atoms with Crippen LogP contribution in [0.1, 0.15) is 57.6 Å². The fraction of sp³-hybridized carbons (Fsp3) is 0.522. The lowest BCUT2D eigenvalue weighted by molar-refractivity contribution is 0.322. The second kappa shape index (κ2) is 9.26. The molecule has 29 heavy (non-hydrogen) atoms. The van der Waals surface area contributed by atoms with Crippen molar-refractivity contribution in [3.8, 4) is 0 Å². The first-order valence-electron chi connectivity index (χ1n) is 10.5. The molecule has 0 saturated heterocycles. The molecule has 158 valence electrons. The first-order chi connectivity index (χ1) is 13.7. The summed E-state index contributed by atoms with van der Waals surface area (Å²) in [5, 5.41) is 3.54. The van der Waals surface area contributed by atoms with Gasteiger partial charge in [-0.1, -0.05) is 12.1 Å². The van der Waals surface area contributed by atoms with Gasteiger partial charge in [-0.25, -0.2) is 13.1 Å². The number of rotatable bonds is 7. The van der Waals surface area contributed by atoms with Crippen LogP contribution in [0.15, 0.2) is 48.8 Å². The molecule has 0 amide bonds. The van der Waals surface area contributed by atoms with E-state index in [0.717, 1.165) is 44.3 Å². The average Bonchev–Trinajstić information content (AvgIpc) is 2.68. The lowest BCUT2D eigenvalue weighted by Crippen LogP contribution is -2.46. The topological polar surface area (TPSA) is 71.1 Å². The second-order valence-electron chi connectivity index (χ2n) is 9.06. The van der Waals surface area contributed by atoms with Crippen LogP contribution >= 0.6 is 0 Å². The molecule has 2 aromatic rings. The SMILES string of the molecule is CC(C)(C)S(=O)(=O)NC1CCC(CNc2ccc(Cc3ccncc3)cc2)CC1. The molecule has 1 aromatic heterocycles. The summed E-state index contributed by atoms with van der Waals surface area (Å²) in [5.41, 5.74) is 3.69. The first kappa shape index (κ1) is 21.8. The summed E-state index contributed by atoms with van der Waals surface area (Å²) in [5.74, 6) is 0.585. The molecule has 1 aromatic carbocycles. The summed E-state index contributed by atoms with van der Waals surface area (Å²) >= 11 is 0. The Balaban J connectivity index is 1.42. The van der Waals surface area contributed by atoms with E-state index in [-0.39, 0.29) is 6.04 Å². The zero-order chi connectivity index (χ0) is 20.9. The second-order valence-corrected chi connectivity index (χ2v) is 11.5. The summed E-state index contributed by atoms with van der Waals surface area (Å²) in [4.78, 5) is 4.06. The molecular formula is C23H33N3O2S. The number of hydrogen-bond acceptors (Lipinski definition) is 4. The maximum absolute atomic E-state index is 12.3. The lowest BCUT2D eigenvalue weighted by atomic mass is 9.86. The van der Waals surface area contributed by atoms with Gasteiger partial charge in [-0.15, -0.1) is 0 Å². The molecule has 6 heteroatoms.